The number of carbonyl (C=O) groups excluding carboxylic acids is 1. The maximum absolute atomic E-state index is 11.9. The average Bonchev–Trinajstić information content (AvgIpc) is 2.67. The Hall–Kier alpha value is -0.780. The molecule has 0 aliphatic carbocycles. The van der Waals surface area contributed by atoms with Gasteiger partial charge in [-0.2, -0.15) is 5.10 Å². The van der Waals surface area contributed by atoms with Crippen LogP contribution in [0.15, 0.2) is 0 Å². The minimum atomic E-state index is -0.282. The van der Waals surface area contributed by atoms with Crippen molar-refractivity contribution in [3.05, 3.63) is 17.0 Å². The summed E-state index contributed by atoms with van der Waals surface area (Å²) in [5.41, 5.74) is 9.21. The summed E-state index contributed by atoms with van der Waals surface area (Å²) in [6.07, 6.45) is 2.94. The number of amides is 1. The number of carbonyl (C=O) groups is 1. The van der Waals surface area contributed by atoms with E-state index in [1.54, 1.807) is 0 Å². The molecule has 7 heteroatoms. The molecule has 0 saturated carbocycles. The highest BCUT2D eigenvalue weighted by molar-refractivity contribution is 5.85. The number of hydrogen-bond acceptors (Lipinski definition) is 3. The third-order valence-corrected chi connectivity index (χ3v) is 4.31. The van der Waals surface area contributed by atoms with Crippen molar-refractivity contribution in [2.24, 2.45) is 12.8 Å². The van der Waals surface area contributed by atoms with Crippen LogP contribution in [-0.4, -0.2) is 27.8 Å². The van der Waals surface area contributed by atoms with Crippen molar-refractivity contribution in [2.45, 2.75) is 58.9 Å². The number of rotatable bonds is 7. The van der Waals surface area contributed by atoms with Gasteiger partial charge in [0, 0.05) is 31.2 Å². The van der Waals surface area contributed by atoms with Crippen LogP contribution in [0.4, 0.5) is 0 Å². The van der Waals surface area contributed by atoms with Crippen LogP contribution in [0.1, 0.15) is 50.1 Å². The molecule has 0 radical (unpaired) electrons. The first-order chi connectivity index (χ1) is 9.33. The molecular formula is C15H30Cl2N4O. The monoisotopic (exact) mass is 352 g/mol. The highest BCUT2D eigenvalue weighted by atomic mass is 35.5. The first kappa shape index (κ1) is 23.5. The van der Waals surface area contributed by atoms with E-state index >= 15 is 0 Å². The summed E-state index contributed by atoms with van der Waals surface area (Å²) in [5, 5.41) is 7.32. The van der Waals surface area contributed by atoms with Gasteiger partial charge >= 0.3 is 0 Å². The second kappa shape index (κ2) is 10.1. The minimum absolute atomic E-state index is 0. The minimum Gasteiger partial charge on any atom is -0.354 e. The molecule has 5 nitrogen and oxygen atoms in total. The Morgan fingerprint density at radius 3 is 2.23 bits per heavy atom. The zero-order chi connectivity index (χ0) is 15.3. The van der Waals surface area contributed by atoms with E-state index in [1.165, 1.54) is 5.56 Å². The van der Waals surface area contributed by atoms with Crippen LogP contribution < -0.4 is 11.1 Å². The molecule has 0 fully saturated rings. The van der Waals surface area contributed by atoms with Gasteiger partial charge in [-0.1, -0.05) is 13.8 Å². The second-order valence-corrected chi connectivity index (χ2v) is 5.62. The van der Waals surface area contributed by atoms with E-state index in [0.29, 0.717) is 13.0 Å². The first-order valence-electron chi connectivity index (χ1n) is 7.37. The van der Waals surface area contributed by atoms with Gasteiger partial charge in [0.2, 0.25) is 5.91 Å². The van der Waals surface area contributed by atoms with Crippen molar-refractivity contribution in [1.82, 2.24) is 15.1 Å². The van der Waals surface area contributed by atoms with Crippen LogP contribution >= 0.6 is 24.8 Å². The van der Waals surface area contributed by atoms with Gasteiger partial charge in [-0.05, 0) is 38.7 Å². The van der Waals surface area contributed by atoms with Gasteiger partial charge in [-0.15, -0.1) is 24.8 Å². The van der Waals surface area contributed by atoms with E-state index in [1.807, 2.05) is 25.6 Å². The van der Waals surface area contributed by atoms with Crippen LogP contribution in [0.5, 0.6) is 0 Å². The van der Waals surface area contributed by atoms with Crippen LogP contribution in [0.2, 0.25) is 0 Å². The molecule has 1 amide bonds. The Bertz CT molecular complexity index is 470. The molecule has 0 spiro atoms. The van der Waals surface area contributed by atoms with E-state index in [4.69, 9.17) is 5.73 Å². The van der Waals surface area contributed by atoms with Crippen LogP contribution in [0.25, 0.3) is 0 Å². The predicted molar refractivity (Wildman–Crippen MR) is 96.0 cm³/mol. The molecule has 0 atom stereocenters. The van der Waals surface area contributed by atoms with Crippen molar-refractivity contribution in [2.75, 3.05) is 6.54 Å². The number of nitrogens with two attached hydrogens (primary N) is 1. The number of hydrogen-bond donors (Lipinski definition) is 2. The Morgan fingerprint density at radius 1 is 1.27 bits per heavy atom. The van der Waals surface area contributed by atoms with Crippen molar-refractivity contribution in [1.29, 1.82) is 0 Å². The highest BCUT2D eigenvalue weighted by Crippen LogP contribution is 2.14. The average molecular weight is 353 g/mol. The third-order valence-electron chi connectivity index (χ3n) is 4.31. The largest absolute Gasteiger partial charge is 0.354 e. The fourth-order valence-electron chi connectivity index (χ4n) is 2.28. The number of nitrogens with zero attached hydrogens (tertiary/aromatic N) is 2. The van der Waals surface area contributed by atoms with Gasteiger partial charge in [-0.25, -0.2) is 0 Å². The maximum atomic E-state index is 11.9. The van der Waals surface area contributed by atoms with Crippen molar-refractivity contribution >= 4 is 30.7 Å². The molecule has 1 rings (SSSR count). The van der Waals surface area contributed by atoms with E-state index in [-0.39, 0.29) is 36.3 Å². The second-order valence-electron chi connectivity index (χ2n) is 5.62. The quantitative estimate of drug-likeness (QED) is 0.791. The van der Waals surface area contributed by atoms with Gasteiger partial charge in [-0.3, -0.25) is 9.48 Å². The summed E-state index contributed by atoms with van der Waals surface area (Å²) in [4.78, 5) is 11.9. The first-order valence-corrected chi connectivity index (χ1v) is 7.37. The molecule has 0 unspecified atom stereocenters. The van der Waals surface area contributed by atoms with E-state index in [2.05, 4.69) is 24.3 Å². The lowest BCUT2D eigenvalue weighted by Crippen LogP contribution is -2.49. The molecular weight excluding hydrogens is 323 g/mol. The smallest absolute Gasteiger partial charge is 0.220 e. The summed E-state index contributed by atoms with van der Waals surface area (Å²) in [6.45, 7) is 8.67. The molecule has 22 heavy (non-hydrogen) atoms. The number of halogens is 2. The molecule has 1 aromatic heterocycles. The SMILES string of the molecule is CCC(N)(CC)CNC(=O)CCc1c(C)nn(C)c1C.Cl.Cl. The zero-order valence-electron chi connectivity index (χ0n) is 14.2. The molecule has 3 N–H and O–H groups in total. The lowest BCUT2D eigenvalue weighted by atomic mass is 9.94. The highest BCUT2D eigenvalue weighted by Gasteiger charge is 2.21. The van der Waals surface area contributed by atoms with Crippen molar-refractivity contribution in [3.63, 3.8) is 0 Å². The molecule has 0 aliphatic heterocycles. The van der Waals surface area contributed by atoms with Gasteiger partial charge in [0.05, 0.1) is 5.69 Å². The van der Waals surface area contributed by atoms with Crippen LogP contribution in [-0.2, 0) is 18.3 Å². The fraction of sp³-hybridized carbons (Fsp3) is 0.733. The standard InChI is InChI=1S/C15H28N4O.2ClH/c1-6-15(16,7-2)10-17-14(20)9-8-13-11(3)18-19(5)12(13)4;;/h6-10,16H2,1-5H3,(H,17,20);2*1H. The summed E-state index contributed by atoms with van der Waals surface area (Å²) >= 11 is 0. The Kier molecular flexibility index (Phi) is 10.8. The third kappa shape index (κ3) is 6.15. The van der Waals surface area contributed by atoms with Gasteiger partial charge in [0.1, 0.15) is 0 Å². The zero-order valence-corrected chi connectivity index (χ0v) is 15.9. The Labute approximate surface area is 146 Å². The van der Waals surface area contributed by atoms with Crippen molar-refractivity contribution in [3.8, 4) is 0 Å². The molecule has 0 aromatic carbocycles. The lowest BCUT2D eigenvalue weighted by Gasteiger charge is -2.26. The number of aryl methyl sites for hydroxylation is 2. The summed E-state index contributed by atoms with van der Waals surface area (Å²) in [5.74, 6) is 0.0596. The molecule has 0 bridgehead atoms. The molecule has 1 heterocycles. The molecule has 130 valence electrons. The summed E-state index contributed by atoms with van der Waals surface area (Å²) in [6, 6.07) is 0. The molecule has 0 aliphatic rings. The van der Waals surface area contributed by atoms with Crippen molar-refractivity contribution < 1.29 is 4.79 Å². The molecule has 1 aromatic rings. The predicted octanol–water partition coefficient (Wildman–Crippen LogP) is 2.45. The normalized spacial score (nSPS) is 10.6. The van der Waals surface area contributed by atoms with Gasteiger partial charge in [0.25, 0.3) is 0 Å². The maximum Gasteiger partial charge on any atom is 0.220 e. The van der Waals surface area contributed by atoms with E-state index in [0.717, 1.165) is 30.7 Å². The number of nitrogens with one attached hydrogen (secondary N) is 1. The van der Waals surface area contributed by atoms with Crippen LogP contribution in [0.3, 0.4) is 0 Å². The van der Waals surface area contributed by atoms with E-state index < -0.39 is 0 Å². The van der Waals surface area contributed by atoms with Gasteiger partial charge in [0.15, 0.2) is 0 Å². The topological polar surface area (TPSA) is 72.9 Å². The Morgan fingerprint density at radius 2 is 1.82 bits per heavy atom. The fourth-order valence-corrected chi connectivity index (χ4v) is 2.28. The van der Waals surface area contributed by atoms with E-state index in [9.17, 15) is 4.79 Å². The summed E-state index contributed by atoms with van der Waals surface area (Å²) in [7, 11) is 1.93. The van der Waals surface area contributed by atoms with Crippen LogP contribution in [0, 0.1) is 13.8 Å². The number of aromatic nitrogens is 2. The summed E-state index contributed by atoms with van der Waals surface area (Å²) < 4.78 is 1.86. The molecule has 0 saturated heterocycles. The van der Waals surface area contributed by atoms with Gasteiger partial charge < -0.3 is 11.1 Å². The Balaban J connectivity index is 0. The lowest BCUT2D eigenvalue weighted by molar-refractivity contribution is -0.121.